The van der Waals surface area contributed by atoms with Gasteiger partial charge in [-0.15, -0.1) is 0 Å². The molecule has 3 nitrogen and oxygen atoms in total. The van der Waals surface area contributed by atoms with Crippen LogP contribution in [0.1, 0.15) is 27.9 Å². The van der Waals surface area contributed by atoms with E-state index in [0.29, 0.717) is 6.42 Å². The molecule has 0 spiro atoms. The van der Waals surface area contributed by atoms with E-state index in [-0.39, 0.29) is 10.7 Å². The van der Waals surface area contributed by atoms with Gasteiger partial charge in [-0.25, -0.2) is 0 Å². The molecule has 0 saturated heterocycles. The molecule has 92 valence electrons. The minimum Gasteiger partial charge on any atom is -0.472 e. The van der Waals surface area contributed by atoms with Crippen molar-refractivity contribution in [3.05, 3.63) is 53.5 Å². The molecule has 4 heteroatoms. The standard InChI is InChI=1S/C14H12BrNO2/c15-14(11-5-6-18-8-11)10-1-3-12-9(7-10)2-4-13(17)16-12/h1,3,5-8,14H,2,4H2,(H,16,17). The predicted molar refractivity (Wildman–Crippen MR) is 72.9 cm³/mol. The molecule has 2 aromatic rings. The summed E-state index contributed by atoms with van der Waals surface area (Å²) in [6.45, 7) is 0. The third-order valence-electron chi connectivity index (χ3n) is 3.15. The molecule has 3 rings (SSSR count). The zero-order valence-corrected chi connectivity index (χ0v) is 11.2. The van der Waals surface area contributed by atoms with E-state index >= 15 is 0 Å². The Kier molecular flexibility index (Phi) is 2.96. The molecule has 1 atom stereocenters. The lowest BCUT2D eigenvalue weighted by Gasteiger charge is -2.18. The second-order valence-corrected chi connectivity index (χ2v) is 5.30. The highest BCUT2D eigenvalue weighted by atomic mass is 79.9. The fraction of sp³-hybridized carbons (Fsp3) is 0.214. The zero-order chi connectivity index (χ0) is 12.5. The Balaban J connectivity index is 1.93. The molecule has 0 bridgehead atoms. The van der Waals surface area contributed by atoms with Crippen LogP contribution in [0.15, 0.2) is 41.2 Å². The first-order valence-electron chi connectivity index (χ1n) is 5.83. The van der Waals surface area contributed by atoms with Crippen LogP contribution in [0.25, 0.3) is 0 Å². The summed E-state index contributed by atoms with van der Waals surface area (Å²) in [5.41, 5.74) is 4.39. The molecule has 1 aliphatic rings. The Morgan fingerprint density at radius 2 is 2.11 bits per heavy atom. The largest absolute Gasteiger partial charge is 0.472 e. The Labute approximate surface area is 113 Å². The lowest BCUT2D eigenvalue weighted by Crippen LogP contribution is -2.19. The van der Waals surface area contributed by atoms with Gasteiger partial charge in [-0.1, -0.05) is 28.1 Å². The number of alkyl halides is 1. The van der Waals surface area contributed by atoms with Crippen molar-refractivity contribution in [2.75, 3.05) is 5.32 Å². The molecule has 1 aromatic carbocycles. The van der Waals surface area contributed by atoms with Crippen LogP contribution in [0.2, 0.25) is 0 Å². The fourth-order valence-electron chi connectivity index (χ4n) is 2.17. The van der Waals surface area contributed by atoms with Crippen LogP contribution in [0, 0.1) is 0 Å². The van der Waals surface area contributed by atoms with Gasteiger partial charge in [0.25, 0.3) is 0 Å². The van der Waals surface area contributed by atoms with E-state index in [9.17, 15) is 4.79 Å². The Morgan fingerprint density at radius 3 is 2.89 bits per heavy atom. The Hall–Kier alpha value is -1.55. The minimum atomic E-state index is 0.0977. The molecule has 0 saturated carbocycles. The number of halogens is 1. The van der Waals surface area contributed by atoms with Crippen molar-refractivity contribution >= 4 is 27.5 Å². The van der Waals surface area contributed by atoms with Crippen LogP contribution < -0.4 is 5.32 Å². The summed E-state index contributed by atoms with van der Waals surface area (Å²) in [5.74, 6) is 0.0977. The van der Waals surface area contributed by atoms with Crippen molar-refractivity contribution in [1.82, 2.24) is 0 Å². The van der Waals surface area contributed by atoms with Crippen molar-refractivity contribution in [2.45, 2.75) is 17.7 Å². The van der Waals surface area contributed by atoms with Gasteiger partial charge in [0.2, 0.25) is 5.91 Å². The van der Waals surface area contributed by atoms with Crippen molar-refractivity contribution in [2.24, 2.45) is 0 Å². The number of aryl methyl sites for hydroxylation is 1. The second kappa shape index (κ2) is 4.61. The quantitative estimate of drug-likeness (QED) is 0.861. The second-order valence-electron chi connectivity index (χ2n) is 4.38. The van der Waals surface area contributed by atoms with Crippen LogP contribution in [0.4, 0.5) is 5.69 Å². The average molecular weight is 306 g/mol. The molecule has 0 radical (unpaired) electrons. The van der Waals surface area contributed by atoms with Crippen LogP contribution in [-0.2, 0) is 11.2 Å². The summed E-state index contributed by atoms with van der Waals surface area (Å²) in [6, 6.07) is 8.08. The predicted octanol–water partition coefficient (Wildman–Crippen LogP) is 3.65. The average Bonchev–Trinajstić information content (AvgIpc) is 2.91. The van der Waals surface area contributed by atoms with Gasteiger partial charge in [0.05, 0.1) is 17.4 Å². The number of fused-ring (bicyclic) bond motifs is 1. The number of hydrogen-bond donors (Lipinski definition) is 1. The third-order valence-corrected chi connectivity index (χ3v) is 4.21. The Morgan fingerprint density at radius 1 is 1.22 bits per heavy atom. The number of nitrogens with one attached hydrogen (secondary N) is 1. The molecule has 2 heterocycles. The lowest BCUT2D eigenvalue weighted by atomic mass is 9.98. The fourth-order valence-corrected chi connectivity index (χ4v) is 2.72. The molecule has 1 N–H and O–H groups in total. The number of rotatable bonds is 2. The van der Waals surface area contributed by atoms with Crippen LogP contribution in [-0.4, -0.2) is 5.91 Å². The van der Waals surface area contributed by atoms with E-state index in [1.807, 2.05) is 18.2 Å². The highest BCUT2D eigenvalue weighted by molar-refractivity contribution is 9.09. The molecule has 18 heavy (non-hydrogen) atoms. The van der Waals surface area contributed by atoms with E-state index < -0.39 is 0 Å². The maximum atomic E-state index is 11.3. The molecular weight excluding hydrogens is 294 g/mol. The normalized spacial score (nSPS) is 15.9. The first-order chi connectivity index (χ1) is 8.74. The van der Waals surface area contributed by atoms with Crippen molar-refractivity contribution in [3.63, 3.8) is 0 Å². The van der Waals surface area contributed by atoms with E-state index in [2.05, 4.69) is 27.3 Å². The van der Waals surface area contributed by atoms with E-state index in [1.165, 1.54) is 11.1 Å². The number of hydrogen-bond acceptors (Lipinski definition) is 2. The van der Waals surface area contributed by atoms with E-state index in [0.717, 1.165) is 17.7 Å². The van der Waals surface area contributed by atoms with Crippen molar-refractivity contribution < 1.29 is 9.21 Å². The minimum absolute atomic E-state index is 0.0977. The van der Waals surface area contributed by atoms with Gasteiger partial charge >= 0.3 is 0 Å². The molecular formula is C14H12BrNO2. The number of furan rings is 1. The topological polar surface area (TPSA) is 42.2 Å². The molecule has 1 unspecified atom stereocenters. The van der Waals surface area contributed by atoms with Crippen molar-refractivity contribution in [1.29, 1.82) is 0 Å². The molecule has 0 aliphatic carbocycles. The zero-order valence-electron chi connectivity index (χ0n) is 9.65. The van der Waals surface area contributed by atoms with Crippen LogP contribution >= 0.6 is 15.9 Å². The summed E-state index contributed by atoms with van der Waals surface area (Å²) in [6.07, 6.45) is 4.78. The molecule has 1 aliphatic heterocycles. The van der Waals surface area contributed by atoms with Gasteiger partial charge < -0.3 is 9.73 Å². The maximum absolute atomic E-state index is 11.3. The third kappa shape index (κ3) is 2.08. The number of amides is 1. The SMILES string of the molecule is O=C1CCc2cc(C(Br)c3ccoc3)ccc2N1. The highest BCUT2D eigenvalue weighted by Gasteiger charge is 2.17. The summed E-state index contributed by atoms with van der Waals surface area (Å²) in [4.78, 5) is 11.4. The van der Waals surface area contributed by atoms with Gasteiger partial charge in [0.1, 0.15) is 0 Å². The van der Waals surface area contributed by atoms with E-state index in [4.69, 9.17) is 4.42 Å². The molecule has 1 aromatic heterocycles. The monoisotopic (exact) mass is 305 g/mol. The number of carbonyl (C=O) groups excluding carboxylic acids is 1. The van der Waals surface area contributed by atoms with Gasteiger partial charge in [0.15, 0.2) is 0 Å². The van der Waals surface area contributed by atoms with Gasteiger partial charge in [-0.2, -0.15) is 0 Å². The van der Waals surface area contributed by atoms with Gasteiger partial charge in [-0.3, -0.25) is 4.79 Å². The first-order valence-corrected chi connectivity index (χ1v) is 6.74. The number of anilines is 1. The summed E-state index contributed by atoms with van der Waals surface area (Å²) in [7, 11) is 0. The number of benzene rings is 1. The smallest absolute Gasteiger partial charge is 0.224 e. The van der Waals surface area contributed by atoms with E-state index in [1.54, 1.807) is 12.5 Å². The van der Waals surface area contributed by atoms with Gasteiger partial charge in [0, 0.05) is 17.7 Å². The van der Waals surface area contributed by atoms with Crippen LogP contribution in [0.3, 0.4) is 0 Å². The summed E-state index contributed by atoms with van der Waals surface area (Å²) < 4.78 is 5.10. The number of carbonyl (C=O) groups is 1. The maximum Gasteiger partial charge on any atom is 0.224 e. The first kappa shape index (κ1) is 11.5. The van der Waals surface area contributed by atoms with Crippen molar-refractivity contribution in [3.8, 4) is 0 Å². The molecule has 0 fully saturated rings. The highest BCUT2D eigenvalue weighted by Crippen LogP contribution is 2.34. The molecule has 1 amide bonds. The van der Waals surface area contributed by atoms with Gasteiger partial charge in [-0.05, 0) is 29.7 Å². The van der Waals surface area contributed by atoms with Crippen LogP contribution in [0.5, 0.6) is 0 Å². The lowest BCUT2D eigenvalue weighted by molar-refractivity contribution is -0.116. The Bertz CT molecular complexity index is 577. The summed E-state index contributed by atoms with van der Waals surface area (Å²) >= 11 is 3.67. The summed E-state index contributed by atoms with van der Waals surface area (Å²) in [5, 5.41) is 2.89.